The molecular formula is C20H27ClFN5O3S2. The summed E-state index contributed by atoms with van der Waals surface area (Å²) in [6.45, 7) is 6.73. The lowest BCUT2D eigenvalue weighted by atomic mass is 10.1. The van der Waals surface area contributed by atoms with Crippen molar-refractivity contribution in [1.82, 2.24) is 18.9 Å². The van der Waals surface area contributed by atoms with E-state index in [0.717, 1.165) is 25.7 Å². The molecule has 2 N–H and O–H groups in total. The minimum atomic E-state index is -3.93. The molecule has 12 heteroatoms. The molecule has 2 aromatic rings. The summed E-state index contributed by atoms with van der Waals surface area (Å²) < 4.78 is 43.5. The second kappa shape index (κ2) is 11.0. The van der Waals surface area contributed by atoms with Crippen LogP contribution in [0.1, 0.15) is 37.7 Å². The largest absolute Gasteiger partial charge is 0.325 e. The van der Waals surface area contributed by atoms with Crippen molar-refractivity contribution in [3.8, 4) is 0 Å². The minimum absolute atomic E-state index is 0.127. The molecule has 1 aliphatic heterocycles. The van der Waals surface area contributed by atoms with Gasteiger partial charge in [-0.05, 0) is 50.7 Å². The summed E-state index contributed by atoms with van der Waals surface area (Å²) in [7, 11) is -3.93. The third kappa shape index (κ3) is 6.03. The summed E-state index contributed by atoms with van der Waals surface area (Å²) in [5.41, 5.74) is 0.297. The average molecular weight is 504 g/mol. The molecule has 2 heterocycles. The van der Waals surface area contributed by atoms with Crippen molar-refractivity contribution in [2.75, 3.05) is 31.5 Å². The number of amides is 1. The maximum Gasteiger partial charge on any atom is 0.280 e. The van der Waals surface area contributed by atoms with Crippen LogP contribution in [-0.2, 0) is 15.0 Å². The molecule has 0 unspecified atom stereocenters. The number of anilines is 1. The molecule has 0 saturated carbocycles. The van der Waals surface area contributed by atoms with E-state index in [1.54, 1.807) is 11.6 Å². The van der Waals surface area contributed by atoms with Gasteiger partial charge >= 0.3 is 0 Å². The Balaban J connectivity index is 1.82. The van der Waals surface area contributed by atoms with Gasteiger partial charge in [0.15, 0.2) is 0 Å². The summed E-state index contributed by atoms with van der Waals surface area (Å²) in [5.74, 6) is -1.10. The molecule has 1 aromatic carbocycles. The maximum absolute atomic E-state index is 13.5. The van der Waals surface area contributed by atoms with Crippen LogP contribution in [0.5, 0.6) is 0 Å². The topological polar surface area (TPSA) is 94.6 Å². The summed E-state index contributed by atoms with van der Waals surface area (Å²) in [5, 5.41) is 4.91. The van der Waals surface area contributed by atoms with Gasteiger partial charge in [-0.2, -0.15) is 17.4 Å². The van der Waals surface area contributed by atoms with Crippen LogP contribution < -0.4 is 10.0 Å². The fourth-order valence-electron chi connectivity index (χ4n) is 3.66. The van der Waals surface area contributed by atoms with Crippen molar-refractivity contribution in [2.24, 2.45) is 0 Å². The second-order valence-electron chi connectivity index (χ2n) is 7.41. The third-order valence-electron chi connectivity index (χ3n) is 5.39. The predicted octanol–water partition coefficient (Wildman–Crippen LogP) is 3.26. The average Bonchev–Trinajstić information content (AvgIpc) is 3.29. The zero-order chi connectivity index (χ0) is 23.3. The van der Waals surface area contributed by atoms with Crippen LogP contribution in [0.2, 0.25) is 5.02 Å². The van der Waals surface area contributed by atoms with Gasteiger partial charge in [0.2, 0.25) is 5.91 Å². The van der Waals surface area contributed by atoms with E-state index in [0.29, 0.717) is 17.1 Å². The molecule has 0 aliphatic carbocycles. The van der Waals surface area contributed by atoms with Crippen molar-refractivity contribution < 1.29 is 17.6 Å². The van der Waals surface area contributed by atoms with E-state index in [9.17, 15) is 17.6 Å². The van der Waals surface area contributed by atoms with Crippen molar-refractivity contribution in [3.63, 3.8) is 0 Å². The first-order chi connectivity index (χ1) is 15.2. The molecule has 1 saturated heterocycles. The molecule has 1 fully saturated rings. The number of benzene rings is 1. The number of rotatable bonds is 9. The Bertz CT molecular complexity index is 1020. The Kier molecular flexibility index (Phi) is 8.59. The third-order valence-corrected chi connectivity index (χ3v) is 8.21. The van der Waals surface area contributed by atoms with Gasteiger partial charge in [-0.1, -0.05) is 25.4 Å². The van der Waals surface area contributed by atoms with Crippen LogP contribution in [0.15, 0.2) is 29.8 Å². The number of carbonyl (C=O) groups excluding carboxylic acids is 1. The fraction of sp³-hybridized carbons (Fsp3) is 0.500. The Morgan fingerprint density at radius 1 is 1.41 bits per heavy atom. The molecule has 0 bridgehead atoms. The van der Waals surface area contributed by atoms with Gasteiger partial charge in [-0.25, -0.2) is 9.37 Å². The molecule has 1 amide bonds. The van der Waals surface area contributed by atoms with E-state index in [2.05, 4.69) is 19.9 Å². The number of aromatic nitrogens is 1. The van der Waals surface area contributed by atoms with Crippen LogP contribution in [0.25, 0.3) is 0 Å². The van der Waals surface area contributed by atoms with Crippen LogP contribution in [0.3, 0.4) is 0 Å². The lowest BCUT2D eigenvalue weighted by molar-refractivity contribution is -0.120. The Labute approximate surface area is 197 Å². The fourth-order valence-corrected chi connectivity index (χ4v) is 6.21. The molecule has 1 aliphatic rings. The number of carbonyl (C=O) groups is 1. The van der Waals surface area contributed by atoms with Crippen molar-refractivity contribution in [3.05, 3.63) is 45.6 Å². The van der Waals surface area contributed by atoms with Crippen molar-refractivity contribution >= 4 is 44.7 Å². The Morgan fingerprint density at radius 3 is 2.78 bits per heavy atom. The van der Waals surface area contributed by atoms with Crippen LogP contribution >= 0.6 is 22.9 Å². The van der Waals surface area contributed by atoms with Gasteiger partial charge in [-0.3, -0.25) is 4.79 Å². The van der Waals surface area contributed by atoms with Gasteiger partial charge in [0.1, 0.15) is 16.9 Å². The zero-order valence-electron chi connectivity index (χ0n) is 17.9. The van der Waals surface area contributed by atoms with E-state index in [4.69, 9.17) is 11.6 Å². The van der Waals surface area contributed by atoms with Crippen molar-refractivity contribution in [1.29, 1.82) is 0 Å². The van der Waals surface area contributed by atoms with E-state index in [1.165, 1.54) is 27.8 Å². The van der Waals surface area contributed by atoms with E-state index < -0.39 is 34.0 Å². The van der Waals surface area contributed by atoms with Crippen LogP contribution in [0, 0.1) is 5.82 Å². The van der Waals surface area contributed by atoms with Gasteiger partial charge < -0.3 is 10.2 Å². The molecule has 32 heavy (non-hydrogen) atoms. The SMILES string of the molecule is CCN(CC)CCCN1[C@@H](C(=O)Nc2ccc(F)c(Cl)c2)C[C@@H](c2nccs2)NS1(=O)=O. The molecule has 176 valence electrons. The molecular weight excluding hydrogens is 477 g/mol. The summed E-state index contributed by atoms with van der Waals surface area (Å²) >= 11 is 7.15. The van der Waals surface area contributed by atoms with Crippen LogP contribution in [0.4, 0.5) is 10.1 Å². The molecule has 1 aromatic heterocycles. The van der Waals surface area contributed by atoms with Gasteiger partial charge in [0.05, 0.1) is 11.1 Å². The minimum Gasteiger partial charge on any atom is -0.325 e. The molecule has 3 rings (SSSR count). The standard InChI is InChI=1S/C20H27ClFN5O3S2/c1-3-26(4-2)9-5-10-27-18(19(28)24-14-6-7-16(22)15(21)12-14)13-17(25-32(27,29)30)20-23-8-11-31-20/h6-8,11-12,17-18,25H,3-5,9-10,13H2,1-2H3,(H,24,28)/t17-,18+/m0/s1. The highest BCUT2D eigenvalue weighted by atomic mass is 35.5. The van der Waals surface area contributed by atoms with E-state index in [-0.39, 0.29) is 18.0 Å². The predicted molar refractivity (Wildman–Crippen MR) is 124 cm³/mol. The van der Waals surface area contributed by atoms with Crippen molar-refractivity contribution in [2.45, 2.75) is 38.8 Å². The highest BCUT2D eigenvalue weighted by molar-refractivity contribution is 7.87. The number of thiazole rings is 1. The van der Waals surface area contributed by atoms with E-state index in [1.807, 2.05) is 13.8 Å². The quantitative estimate of drug-likeness (QED) is 0.547. The van der Waals surface area contributed by atoms with E-state index >= 15 is 0 Å². The monoisotopic (exact) mass is 503 g/mol. The number of hydrogen-bond donors (Lipinski definition) is 2. The lowest BCUT2D eigenvalue weighted by Crippen LogP contribution is -2.58. The number of halogens is 2. The summed E-state index contributed by atoms with van der Waals surface area (Å²) in [6, 6.07) is 2.28. The number of nitrogens with one attached hydrogen (secondary N) is 2. The number of nitrogens with zero attached hydrogens (tertiary/aromatic N) is 3. The van der Waals surface area contributed by atoms with Crippen LogP contribution in [-0.4, -0.2) is 60.7 Å². The highest BCUT2D eigenvalue weighted by Gasteiger charge is 2.43. The van der Waals surface area contributed by atoms with Gasteiger partial charge in [0, 0.05) is 23.8 Å². The van der Waals surface area contributed by atoms with Gasteiger partial charge in [-0.15, -0.1) is 11.3 Å². The zero-order valence-corrected chi connectivity index (χ0v) is 20.3. The lowest BCUT2D eigenvalue weighted by Gasteiger charge is -2.37. The molecule has 0 spiro atoms. The first-order valence-electron chi connectivity index (χ1n) is 10.4. The Morgan fingerprint density at radius 2 is 2.16 bits per heavy atom. The number of hydrogen-bond acceptors (Lipinski definition) is 6. The first-order valence-corrected chi connectivity index (χ1v) is 13.1. The normalized spacial score (nSPS) is 21.0. The summed E-state index contributed by atoms with van der Waals surface area (Å²) in [4.78, 5) is 19.6. The van der Waals surface area contributed by atoms with Gasteiger partial charge in [0.25, 0.3) is 10.2 Å². The molecule has 0 radical (unpaired) electrons. The Hall–Kier alpha value is -1.63. The molecule has 8 nitrogen and oxygen atoms in total. The summed E-state index contributed by atoms with van der Waals surface area (Å²) in [6.07, 6.45) is 2.40. The highest BCUT2D eigenvalue weighted by Crippen LogP contribution is 2.31. The smallest absolute Gasteiger partial charge is 0.280 e. The maximum atomic E-state index is 13.5. The second-order valence-corrected chi connectivity index (χ2v) is 10.4. The molecule has 2 atom stereocenters. The first kappa shape index (κ1) is 25.0.